The van der Waals surface area contributed by atoms with Crippen molar-refractivity contribution in [3.05, 3.63) is 12.2 Å². The van der Waals surface area contributed by atoms with Crippen LogP contribution in [0.1, 0.15) is 96.8 Å². The fraction of sp³-hybridized carbons (Fsp3) is 0.889. The number of rotatable bonds is 17. The highest BCUT2D eigenvalue weighted by Crippen LogP contribution is 2.09. The number of hydrogen-bond acceptors (Lipinski definition) is 1. The first-order chi connectivity index (χ1) is 10.8. The van der Waals surface area contributed by atoms with Crippen LogP contribution in [0.4, 0.5) is 0 Å². The second-order valence-corrected chi connectivity index (χ2v) is 6.87. The van der Waals surface area contributed by atoms with Crippen LogP contribution < -0.4 is 4.72 Å². The minimum Gasteiger partial charge on any atom is -0.294 e. The summed E-state index contributed by atoms with van der Waals surface area (Å²) in [5.74, 6) is 0. The summed E-state index contributed by atoms with van der Waals surface area (Å²) in [6.45, 7) is 2.91. The van der Waals surface area contributed by atoms with E-state index in [1.54, 1.807) is 0 Å². The lowest BCUT2D eigenvalue weighted by atomic mass is 10.1. The summed E-state index contributed by atoms with van der Waals surface area (Å²) >= 11 is -1.84. The molecule has 0 aromatic heterocycles. The summed E-state index contributed by atoms with van der Waals surface area (Å²) in [4.78, 5) is 0. The van der Waals surface area contributed by atoms with Gasteiger partial charge in [-0.05, 0) is 32.1 Å². The molecule has 22 heavy (non-hydrogen) atoms. The molecule has 0 radical (unpaired) electrons. The Hall–Kier alpha value is -0.190. The molecule has 132 valence electrons. The Morgan fingerprint density at radius 2 is 1.23 bits per heavy atom. The molecule has 1 atom stereocenters. The van der Waals surface area contributed by atoms with Crippen LogP contribution >= 0.6 is 0 Å². The van der Waals surface area contributed by atoms with Crippen molar-refractivity contribution >= 4 is 11.3 Å². The molecule has 0 aliphatic heterocycles. The molecule has 1 unspecified atom stereocenters. The first kappa shape index (κ1) is 21.8. The molecule has 2 N–H and O–H groups in total. The molecular formula is C18H37NO2S. The van der Waals surface area contributed by atoms with Crippen LogP contribution in [-0.4, -0.2) is 15.3 Å². The topological polar surface area (TPSA) is 49.3 Å². The van der Waals surface area contributed by atoms with Crippen LogP contribution in [0, 0.1) is 0 Å². The summed E-state index contributed by atoms with van der Waals surface area (Å²) in [6, 6.07) is 0. The van der Waals surface area contributed by atoms with E-state index in [-0.39, 0.29) is 0 Å². The van der Waals surface area contributed by atoms with Crippen molar-refractivity contribution in [2.45, 2.75) is 96.8 Å². The Labute approximate surface area is 140 Å². The van der Waals surface area contributed by atoms with Crippen LogP contribution in [0.15, 0.2) is 12.2 Å². The summed E-state index contributed by atoms with van der Waals surface area (Å²) < 4.78 is 21.4. The van der Waals surface area contributed by atoms with E-state index in [1.165, 1.54) is 77.0 Å². The predicted molar refractivity (Wildman–Crippen MR) is 98.2 cm³/mol. The lowest BCUT2D eigenvalue weighted by molar-refractivity contribution is 0.540. The number of hydrogen-bond donors (Lipinski definition) is 2. The van der Waals surface area contributed by atoms with Gasteiger partial charge >= 0.3 is 0 Å². The van der Waals surface area contributed by atoms with E-state index < -0.39 is 11.3 Å². The number of unbranched alkanes of at least 4 members (excludes halogenated alkanes) is 12. The monoisotopic (exact) mass is 331 g/mol. The van der Waals surface area contributed by atoms with Crippen LogP contribution in [-0.2, 0) is 11.3 Å². The summed E-state index contributed by atoms with van der Waals surface area (Å²) in [5, 5.41) is 0. The van der Waals surface area contributed by atoms with E-state index in [2.05, 4.69) is 23.8 Å². The highest BCUT2D eigenvalue weighted by molar-refractivity contribution is 7.77. The van der Waals surface area contributed by atoms with Gasteiger partial charge in [0.25, 0.3) is 0 Å². The van der Waals surface area contributed by atoms with Gasteiger partial charge in [0.1, 0.15) is 0 Å². The number of allylic oxidation sites excluding steroid dienone is 2. The lowest BCUT2D eigenvalue weighted by Crippen LogP contribution is -2.17. The van der Waals surface area contributed by atoms with Crippen LogP contribution in [0.3, 0.4) is 0 Å². The van der Waals surface area contributed by atoms with Crippen molar-refractivity contribution in [1.82, 2.24) is 4.72 Å². The Bertz CT molecular complexity index is 270. The highest BCUT2D eigenvalue weighted by Gasteiger charge is 1.93. The van der Waals surface area contributed by atoms with Gasteiger partial charge < -0.3 is 0 Å². The molecule has 0 aliphatic rings. The van der Waals surface area contributed by atoms with Crippen molar-refractivity contribution in [2.75, 3.05) is 6.54 Å². The first-order valence-electron chi connectivity index (χ1n) is 9.26. The smallest absolute Gasteiger partial charge is 0.231 e. The van der Waals surface area contributed by atoms with Gasteiger partial charge in [0, 0.05) is 6.54 Å². The molecule has 0 aromatic rings. The number of nitrogens with one attached hydrogen (secondary N) is 1. The van der Waals surface area contributed by atoms with Crippen LogP contribution in [0.2, 0.25) is 0 Å². The van der Waals surface area contributed by atoms with Crippen molar-refractivity contribution in [1.29, 1.82) is 0 Å². The van der Waals surface area contributed by atoms with E-state index in [1.807, 2.05) is 0 Å². The molecule has 0 fully saturated rings. The summed E-state index contributed by atoms with van der Waals surface area (Å²) in [7, 11) is 0. The lowest BCUT2D eigenvalue weighted by Gasteiger charge is -2.01. The zero-order chi connectivity index (χ0) is 16.3. The molecule has 0 amide bonds. The zero-order valence-corrected chi connectivity index (χ0v) is 15.3. The molecular weight excluding hydrogens is 294 g/mol. The standard InChI is InChI=1S/C18H37NO2S/c1-2-3-4-5-6-7-8-9-10-11-12-13-14-15-16-17-18-19-22(20)21/h9-10,19H,2-8,11-18H2,1H3,(H,20,21). The molecule has 0 bridgehead atoms. The second-order valence-electron chi connectivity index (χ2n) is 6.08. The van der Waals surface area contributed by atoms with Gasteiger partial charge in [-0.3, -0.25) is 4.55 Å². The average Bonchev–Trinajstić information content (AvgIpc) is 2.50. The van der Waals surface area contributed by atoms with E-state index in [0.29, 0.717) is 6.54 Å². The zero-order valence-electron chi connectivity index (χ0n) is 14.5. The van der Waals surface area contributed by atoms with Gasteiger partial charge in [-0.2, -0.15) is 0 Å². The largest absolute Gasteiger partial charge is 0.294 e. The van der Waals surface area contributed by atoms with Crippen molar-refractivity contribution in [3.8, 4) is 0 Å². The fourth-order valence-corrected chi connectivity index (χ4v) is 2.85. The molecule has 0 rings (SSSR count). The molecule has 0 heterocycles. The average molecular weight is 332 g/mol. The Morgan fingerprint density at radius 1 is 0.773 bits per heavy atom. The quantitative estimate of drug-likeness (QED) is 0.202. The van der Waals surface area contributed by atoms with E-state index in [9.17, 15) is 4.21 Å². The first-order valence-corrected chi connectivity index (χ1v) is 10.4. The normalized spacial score (nSPS) is 13.0. The van der Waals surface area contributed by atoms with E-state index in [4.69, 9.17) is 4.55 Å². The van der Waals surface area contributed by atoms with E-state index in [0.717, 1.165) is 12.8 Å². The SMILES string of the molecule is CCCCCCCCC=CCCCCCCCCNS(=O)O. The fourth-order valence-electron chi connectivity index (χ4n) is 2.53. The van der Waals surface area contributed by atoms with Gasteiger partial charge in [-0.25, -0.2) is 8.93 Å². The third kappa shape index (κ3) is 19.8. The Kier molecular flexibility index (Phi) is 18.7. The van der Waals surface area contributed by atoms with Crippen molar-refractivity contribution < 1.29 is 8.76 Å². The van der Waals surface area contributed by atoms with Crippen molar-refractivity contribution in [2.24, 2.45) is 0 Å². The maximum absolute atomic E-state index is 10.4. The molecule has 3 nitrogen and oxygen atoms in total. The molecule has 4 heteroatoms. The Morgan fingerprint density at radius 3 is 1.73 bits per heavy atom. The van der Waals surface area contributed by atoms with Gasteiger partial charge in [-0.15, -0.1) is 0 Å². The maximum Gasteiger partial charge on any atom is 0.231 e. The third-order valence-corrected chi connectivity index (χ3v) is 4.37. The predicted octanol–water partition coefficient (Wildman–Crippen LogP) is 5.75. The second kappa shape index (κ2) is 18.9. The van der Waals surface area contributed by atoms with Gasteiger partial charge in [0.05, 0.1) is 0 Å². The summed E-state index contributed by atoms with van der Waals surface area (Å²) in [6.07, 6.45) is 22.8. The highest BCUT2D eigenvalue weighted by atomic mass is 32.2. The van der Waals surface area contributed by atoms with Crippen LogP contribution in [0.5, 0.6) is 0 Å². The van der Waals surface area contributed by atoms with Crippen molar-refractivity contribution in [3.63, 3.8) is 0 Å². The van der Waals surface area contributed by atoms with E-state index >= 15 is 0 Å². The van der Waals surface area contributed by atoms with Gasteiger partial charge in [-0.1, -0.05) is 76.9 Å². The van der Waals surface area contributed by atoms with Gasteiger partial charge in [0.2, 0.25) is 11.3 Å². The maximum atomic E-state index is 10.4. The molecule has 0 aromatic carbocycles. The minimum absolute atomic E-state index is 0.643. The summed E-state index contributed by atoms with van der Waals surface area (Å²) in [5.41, 5.74) is 0. The molecule has 0 spiro atoms. The minimum atomic E-state index is -1.84. The molecule has 0 aliphatic carbocycles. The van der Waals surface area contributed by atoms with Gasteiger partial charge in [0.15, 0.2) is 0 Å². The Balaban J connectivity index is 3.06. The molecule has 0 saturated heterocycles. The third-order valence-electron chi connectivity index (χ3n) is 3.91. The van der Waals surface area contributed by atoms with Crippen LogP contribution in [0.25, 0.3) is 0 Å². The molecule has 0 saturated carbocycles.